The van der Waals surface area contributed by atoms with Gasteiger partial charge in [-0.25, -0.2) is 4.79 Å². The molecule has 0 unspecified atom stereocenters. The second-order valence-corrected chi connectivity index (χ2v) is 7.22. The minimum absolute atomic E-state index is 0.262. The molecule has 3 fully saturated rings. The molecule has 0 aromatic carbocycles. The van der Waals surface area contributed by atoms with E-state index >= 15 is 0 Å². The molecule has 22 heavy (non-hydrogen) atoms. The van der Waals surface area contributed by atoms with Gasteiger partial charge >= 0.3 is 6.09 Å². The maximum atomic E-state index is 11.1. The van der Waals surface area contributed by atoms with Crippen LogP contribution in [0.25, 0.3) is 0 Å². The van der Waals surface area contributed by atoms with Crippen LogP contribution >= 0.6 is 0 Å². The van der Waals surface area contributed by atoms with E-state index in [0.29, 0.717) is 18.6 Å². The highest BCUT2D eigenvalue weighted by Crippen LogP contribution is 2.50. The van der Waals surface area contributed by atoms with Crippen molar-refractivity contribution in [2.45, 2.75) is 51.1 Å². The van der Waals surface area contributed by atoms with Gasteiger partial charge in [-0.2, -0.15) is 0 Å². The van der Waals surface area contributed by atoms with Gasteiger partial charge in [0.05, 0.1) is 0 Å². The highest BCUT2D eigenvalue weighted by molar-refractivity contribution is 5.65. The molecule has 1 spiro atoms. The molecule has 0 atom stereocenters. The molecule has 2 aliphatic heterocycles. The first-order valence-electron chi connectivity index (χ1n) is 8.50. The Morgan fingerprint density at radius 2 is 2.00 bits per heavy atom. The van der Waals surface area contributed by atoms with Crippen LogP contribution in [0.3, 0.4) is 0 Å². The van der Waals surface area contributed by atoms with E-state index in [0.717, 1.165) is 64.7 Å². The Bertz CT molecular complexity index is 428. The van der Waals surface area contributed by atoms with Gasteiger partial charge in [0.25, 0.3) is 0 Å². The Morgan fingerprint density at radius 3 is 2.50 bits per heavy atom. The molecule has 3 rings (SSSR count). The van der Waals surface area contributed by atoms with Gasteiger partial charge in [0.1, 0.15) is 0 Å². The Labute approximate surface area is 132 Å². The van der Waals surface area contributed by atoms with Gasteiger partial charge in [0.15, 0.2) is 0 Å². The summed E-state index contributed by atoms with van der Waals surface area (Å²) in [4.78, 5) is 28.1. The Balaban J connectivity index is 1.45. The standard InChI is InChI=1S/C16H27N3O3/c1-2-17(12-20)13-3-6-18(7-4-13)14-9-16(10-14)5-8-19(11-16)15(21)22/h12-14H,2-11H2,1H3,(H,21,22). The summed E-state index contributed by atoms with van der Waals surface area (Å²) in [5.41, 5.74) is 0.262. The molecule has 1 aliphatic carbocycles. The summed E-state index contributed by atoms with van der Waals surface area (Å²) in [7, 11) is 0. The lowest BCUT2D eigenvalue weighted by Gasteiger charge is -2.52. The molecule has 6 heteroatoms. The quantitative estimate of drug-likeness (QED) is 0.799. The average molecular weight is 309 g/mol. The second kappa shape index (κ2) is 6.07. The molecule has 2 amide bonds. The normalized spacial score (nSPS) is 33.0. The van der Waals surface area contributed by atoms with Crippen molar-refractivity contribution < 1.29 is 14.7 Å². The summed E-state index contributed by atoms with van der Waals surface area (Å²) in [6.45, 7) is 6.40. The number of carbonyl (C=O) groups is 2. The molecule has 0 aromatic rings. The van der Waals surface area contributed by atoms with Gasteiger partial charge in [-0.15, -0.1) is 0 Å². The van der Waals surface area contributed by atoms with Crippen molar-refractivity contribution >= 4 is 12.5 Å². The summed E-state index contributed by atoms with van der Waals surface area (Å²) in [5, 5.41) is 9.09. The van der Waals surface area contributed by atoms with Crippen molar-refractivity contribution in [3.05, 3.63) is 0 Å². The fourth-order valence-corrected chi connectivity index (χ4v) is 4.63. The van der Waals surface area contributed by atoms with E-state index in [1.165, 1.54) is 0 Å². The topological polar surface area (TPSA) is 64.1 Å². The van der Waals surface area contributed by atoms with E-state index in [-0.39, 0.29) is 5.41 Å². The van der Waals surface area contributed by atoms with Crippen LogP contribution < -0.4 is 0 Å². The van der Waals surface area contributed by atoms with Crippen LogP contribution in [-0.4, -0.2) is 77.1 Å². The van der Waals surface area contributed by atoms with Crippen molar-refractivity contribution in [2.24, 2.45) is 5.41 Å². The maximum absolute atomic E-state index is 11.1. The zero-order valence-electron chi connectivity index (χ0n) is 13.4. The third kappa shape index (κ3) is 2.81. The van der Waals surface area contributed by atoms with Crippen LogP contribution in [0.2, 0.25) is 0 Å². The summed E-state index contributed by atoms with van der Waals surface area (Å²) < 4.78 is 0. The van der Waals surface area contributed by atoms with Crippen LogP contribution in [-0.2, 0) is 4.79 Å². The van der Waals surface area contributed by atoms with Crippen LogP contribution in [0.1, 0.15) is 39.0 Å². The highest BCUT2D eigenvalue weighted by atomic mass is 16.4. The summed E-state index contributed by atoms with van der Waals surface area (Å²) in [5.74, 6) is 0. The molecule has 2 saturated heterocycles. The van der Waals surface area contributed by atoms with Crippen LogP contribution in [0.4, 0.5) is 4.79 Å². The summed E-state index contributed by atoms with van der Waals surface area (Å²) in [6.07, 6.45) is 5.67. The van der Waals surface area contributed by atoms with E-state index in [1.54, 1.807) is 4.90 Å². The van der Waals surface area contributed by atoms with Crippen molar-refractivity contribution in [2.75, 3.05) is 32.7 Å². The third-order valence-corrected chi connectivity index (χ3v) is 6.03. The van der Waals surface area contributed by atoms with Gasteiger partial charge in [-0.1, -0.05) is 0 Å². The monoisotopic (exact) mass is 309 g/mol. The highest BCUT2D eigenvalue weighted by Gasteiger charge is 2.51. The zero-order valence-corrected chi connectivity index (χ0v) is 13.4. The molecule has 0 radical (unpaired) electrons. The Morgan fingerprint density at radius 1 is 1.32 bits per heavy atom. The molecular weight excluding hydrogens is 282 g/mol. The lowest BCUT2D eigenvalue weighted by molar-refractivity contribution is -0.121. The van der Waals surface area contributed by atoms with Crippen LogP contribution in [0, 0.1) is 5.41 Å². The van der Waals surface area contributed by atoms with Gasteiger partial charge in [0.2, 0.25) is 6.41 Å². The minimum atomic E-state index is -0.769. The lowest BCUT2D eigenvalue weighted by Crippen LogP contribution is -2.55. The Kier molecular flexibility index (Phi) is 4.30. The third-order valence-electron chi connectivity index (χ3n) is 6.03. The minimum Gasteiger partial charge on any atom is -0.465 e. The number of amides is 2. The Hall–Kier alpha value is -1.30. The molecule has 0 bridgehead atoms. The number of nitrogens with zero attached hydrogens (tertiary/aromatic N) is 3. The van der Waals surface area contributed by atoms with Crippen molar-refractivity contribution in [1.29, 1.82) is 0 Å². The zero-order chi connectivity index (χ0) is 15.7. The van der Waals surface area contributed by atoms with Crippen molar-refractivity contribution in [3.63, 3.8) is 0 Å². The van der Waals surface area contributed by atoms with Gasteiger partial charge in [-0.05, 0) is 44.4 Å². The predicted octanol–water partition coefficient (Wildman–Crippen LogP) is 1.46. The number of rotatable bonds is 4. The van der Waals surface area contributed by atoms with Crippen molar-refractivity contribution in [1.82, 2.24) is 14.7 Å². The number of carbonyl (C=O) groups excluding carboxylic acids is 1. The first-order valence-corrected chi connectivity index (χ1v) is 8.50. The van der Waals surface area contributed by atoms with E-state index in [9.17, 15) is 9.59 Å². The molecule has 1 saturated carbocycles. The molecule has 6 nitrogen and oxygen atoms in total. The number of hydrogen-bond donors (Lipinski definition) is 1. The fourth-order valence-electron chi connectivity index (χ4n) is 4.63. The van der Waals surface area contributed by atoms with Gasteiger partial charge in [0, 0.05) is 44.8 Å². The largest absolute Gasteiger partial charge is 0.465 e. The van der Waals surface area contributed by atoms with Crippen molar-refractivity contribution in [3.8, 4) is 0 Å². The van der Waals surface area contributed by atoms with Gasteiger partial charge < -0.3 is 19.8 Å². The predicted molar refractivity (Wildman–Crippen MR) is 82.7 cm³/mol. The number of carboxylic acid groups (broad SMARTS) is 1. The van der Waals surface area contributed by atoms with E-state index < -0.39 is 6.09 Å². The molecule has 2 heterocycles. The van der Waals surface area contributed by atoms with Gasteiger partial charge in [-0.3, -0.25) is 4.79 Å². The number of piperidine rings is 1. The summed E-state index contributed by atoms with van der Waals surface area (Å²) in [6, 6.07) is 1.03. The SMILES string of the molecule is CCN(C=O)C1CCN(C2CC3(CCN(C(=O)O)C3)C2)CC1. The lowest BCUT2D eigenvalue weighted by atomic mass is 9.64. The first-order chi connectivity index (χ1) is 10.6. The molecular formula is C16H27N3O3. The maximum Gasteiger partial charge on any atom is 0.407 e. The fraction of sp³-hybridized carbons (Fsp3) is 0.875. The molecule has 124 valence electrons. The summed E-state index contributed by atoms with van der Waals surface area (Å²) >= 11 is 0. The second-order valence-electron chi connectivity index (χ2n) is 7.22. The first kappa shape index (κ1) is 15.6. The molecule has 0 aromatic heterocycles. The van der Waals surface area contributed by atoms with Crippen LogP contribution in [0.15, 0.2) is 0 Å². The molecule has 1 N–H and O–H groups in total. The molecule has 3 aliphatic rings. The average Bonchev–Trinajstić information content (AvgIpc) is 2.94. The number of likely N-dealkylation sites (tertiary alicyclic amines) is 2. The van der Waals surface area contributed by atoms with E-state index in [1.807, 2.05) is 11.8 Å². The van der Waals surface area contributed by atoms with Crippen LogP contribution in [0.5, 0.6) is 0 Å². The number of hydrogen-bond acceptors (Lipinski definition) is 3. The van der Waals surface area contributed by atoms with E-state index in [4.69, 9.17) is 5.11 Å². The smallest absolute Gasteiger partial charge is 0.407 e. The van der Waals surface area contributed by atoms with E-state index in [2.05, 4.69) is 4.90 Å².